The van der Waals surface area contributed by atoms with Crippen LogP contribution in [0.5, 0.6) is 28.7 Å². The lowest BCUT2D eigenvalue weighted by Gasteiger charge is -2.28. The standard InChI is InChI=1S/C80H108O11/c1-25-86-68(81)47-89-67-31-30-62(76(8,9)10)38-52(67)33-53-39-63(77(11,12)13)40-54(71(53)84-23)34-59-45-66(80(20,21)22)46-60(74(59)91-49-70(83)88-27-3)36-56-42-64(78(14,15)16)41-55(72(56)85-24)35-58-44-65(79(17,18)19)43-57(73(58)90-48-69(82)87-26-2)32-51-37-61(75(5,6)7)29-28-50(51)4/h28-31,37-46H,25-27,32-36,47-49H2,1-24H3. The molecule has 0 unspecified atom stereocenters. The zero-order chi connectivity index (χ0) is 67.8. The highest BCUT2D eigenvalue weighted by Crippen LogP contribution is 2.44. The molecule has 0 fully saturated rings. The summed E-state index contributed by atoms with van der Waals surface area (Å²) in [5, 5.41) is 0. The summed E-state index contributed by atoms with van der Waals surface area (Å²) in [4.78, 5) is 39.5. The van der Waals surface area contributed by atoms with E-state index in [2.05, 4.69) is 210 Å². The molecule has 0 aliphatic heterocycles. The van der Waals surface area contributed by atoms with E-state index in [4.69, 9.17) is 37.9 Å². The normalized spacial score (nSPS) is 12.4. The fourth-order valence-electron chi connectivity index (χ4n) is 11.4. The largest absolute Gasteiger partial charge is 0.496 e. The van der Waals surface area contributed by atoms with E-state index in [0.29, 0.717) is 60.9 Å². The number of aryl methyl sites for hydroxylation is 1. The van der Waals surface area contributed by atoms with E-state index in [-0.39, 0.29) is 72.1 Å². The van der Waals surface area contributed by atoms with Crippen LogP contribution in [0.2, 0.25) is 0 Å². The highest BCUT2D eigenvalue weighted by molar-refractivity contribution is 5.72. The summed E-state index contributed by atoms with van der Waals surface area (Å²) in [5.74, 6) is 1.90. The molecule has 0 atom stereocenters. The van der Waals surface area contributed by atoms with Gasteiger partial charge in [-0.25, -0.2) is 14.4 Å². The van der Waals surface area contributed by atoms with Crippen LogP contribution in [0.1, 0.15) is 240 Å². The maximum absolute atomic E-state index is 13.5. The molecule has 0 heterocycles. The molecule has 0 bridgehead atoms. The average molecular weight is 1250 g/mol. The lowest BCUT2D eigenvalue weighted by Crippen LogP contribution is -2.19. The average Bonchev–Trinajstić information content (AvgIpc) is 0.804. The van der Waals surface area contributed by atoms with Gasteiger partial charge >= 0.3 is 17.9 Å². The van der Waals surface area contributed by atoms with E-state index in [1.807, 2.05) is 6.07 Å². The molecule has 0 saturated heterocycles. The van der Waals surface area contributed by atoms with Crippen molar-refractivity contribution in [2.45, 2.75) is 217 Å². The second-order valence-corrected chi connectivity index (χ2v) is 30.5. The van der Waals surface area contributed by atoms with Gasteiger partial charge in [-0.05, 0) is 161 Å². The summed E-state index contributed by atoms with van der Waals surface area (Å²) in [6.45, 7) is 47.3. The second-order valence-electron chi connectivity index (χ2n) is 30.5. The Morgan fingerprint density at radius 2 is 0.549 bits per heavy atom. The molecule has 0 radical (unpaired) electrons. The first-order valence-corrected chi connectivity index (χ1v) is 32.6. The van der Waals surface area contributed by atoms with Crippen LogP contribution in [0.25, 0.3) is 0 Å². The van der Waals surface area contributed by atoms with Gasteiger partial charge in [-0.3, -0.25) is 0 Å². The zero-order valence-corrected chi connectivity index (χ0v) is 59.9. The number of carbonyl (C=O) groups excluding carboxylic acids is 3. The van der Waals surface area contributed by atoms with Crippen LogP contribution in [0, 0.1) is 6.92 Å². The van der Waals surface area contributed by atoms with Crippen molar-refractivity contribution in [1.82, 2.24) is 0 Å². The number of esters is 3. The van der Waals surface area contributed by atoms with Crippen LogP contribution in [-0.4, -0.2) is 71.8 Å². The van der Waals surface area contributed by atoms with E-state index < -0.39 is 17.9 Å². The van der Waals surface area contributed by atoms with Gasteiger partial charge in [0.15, 0.2) is 19.8 Å². The number of benzene rings is 6. The number of carbonyl (C=O) groups is 3. The van der Waals surface area contributed by atoms with Crippen LogP contribution in [-0.2, 0) is 93.2 Å². The molecular weight excluding hydrogens is 1140 g/mol. The van der Waals surface area contributed by atoms with Gasteiger partial charge < -0.3 is 37.9 Å². The molecule has 6 aromatic rings. The minimum atomic E-state index is -0.475. The molecular formula is C80H108O11. The molecule has 0 aliphatic rings. The van der Waals surface area contributed by atoms with Crippen molar-refractivity contribution in [2.24, 2.45) is 0 Å². The number of hydrogen-bond donors (Lipinski definition) is 0. The Morgan fingerprint density at radius 3 is 0.835 bits per heavy atom. The molecule has 0 aliphatic carbocycles. The molecule has 494 valence electrons. The minimum Gasteiger partial charge on any atom is -0.496 e. The predicted molar refractivity (Wildman–Crippen MR) is 369 cm³/mol. The van der Waals surface area contributed by atoms with Gasteiger partial charge in [-0.1, -0.05) is 203 Å². The molecule has 0 N–H and O–H groups in total. The third-order valence-corrected chi connectivity index (χ3v) is 16.8. The number of hydrogen-bond acceptors (Lipinski definition) is 11. The Morgan fingerprint density at radius 1 is 0.308 bits per heavy atom. The Kier molecular flexibility index (Phi) is 23.6. The minimum absolute atomic E-state index is 0.0627. The predicted octanol–water partition coefficient (Wildman–Crippen LogP) is 17.6. The monoisotopic (exact) mass is 1240 g/mol. The number of ether oxygens (including phenoxy) is 8. The Labute approximate surface area is 546 Å². The summed E-state index contributed by atoms with van der Waals surface area (Å²) in [7, 11) is 3.45. The molecule has 0 spiro atoms. The van der Waals surface area contributed by atoms with Gasteiger partial charge in [0, 0.05) is 32.1 Å². The third kappa shape index (κ3) is 19.4. The fourth-order valence-corrected chi connectivity index (χ4v) is 11.4. The van der Waals surface area contributed by atoms with Gasteiger partial charge in [0.1, 0.15) is 28.7 Å². The van der Waals surface area contributed by atoms with E-state index in [1.54, 1.807) is 35.0 Å². The second kappa shape index (κ2) is 29.6. The van der Waals surface area contributed by atoms with Gasteiger partial charge in [0.05, 0.1) is 34.0 Å². The SMILES string of the molecule is CCOC(=O)COc1ccc(C(C)(C)C)cc1Cc1cc(C(C)(C)C)cc(Cc2cc(C(C)(C)C)cc(Cc3cc(C(C)(C)C)cc(Cc4cc(C(C)(C)C)cc(Cc5cc(C(C)(C)C)ccc5C)c4OCC(=O)OCC)c3OC)c2OCC(=O)OCC)c1OC. The molecule has 6 rings (SSSR count). The number of methoxy groups -OCH3 is 2. The van der Waals surface area contributed by atoms with Crippen molar-refractivity contribution in [3.63, 3.8) is 0 Å². The van der Waals surface area contributed by atoms with Crippen molar-refractivity contribution in [1.29, 1.82) is 0 Å². The van der Waals surface area contributed by atoms with Gasteiger partial charge in [-0.2, -0.15) is 0 Å². The first-order chi connectivity index (χ1) is 42.3. The summed E-state index contributed by atoms with van der Waals surface area (Å²) < 4.78 is 49.3. The summed E-state index contributed by atoms with van der Waals surface area (Å²) in [6.07, 6.45) is 2.21. The summed E-state index contributed by atoms with van der Waals surface area (Å²) in [5.41, 5.74) is 16.1. The van der Waals surface area contributed by atoms with Crippen molar-refractivity contribution >= 4 is 17.9 Å². The van der Waals surface area contributed by atoms with Crippen LogP contribution in [0.15, 0.2) is 84.9 Å². The first-order valence-electron chi connectivity index (χ1n) is 32.6. The lowest BCUT2D eigenvalue weighted by molar-refractivity contribution is -0.146. The Balaban J connectivity index is 1.62. The molecule has 0 aromatic heterocycles. The van der Waals surface area contributed by atoms with Crippen molar-refractivity contribution in [3.8, 4) is 28.7 Å². The van der Waals surface area contributed by atoms with E-state index in [1.165, 1.54) is 16.7 Å². The van der Waals surface area contributed by atoms with Crippen LogP contribution < -0.4 is 23.7 Å². The third-order valence-electron chi connectivity index (χ3n) is 16.8. The molecule has 11 nitrogen and oxygen atoms in total. The van der Waals surface area contributed by atoms with E-state index in [0.717, 1.165) is 77.9 Å². The highest BCUT2D eigenvalue weighted by atomic mass is 16.6. The maximum atomic E-state index is 13.5. The Bertz CT molecular complexity index is 3540. The van der Waals surface area contributed by atoms with Gasteiger partial charge in [0.25, 0.3) is 0 Å². The van der Waals surface area contributed by atoms with Crippen molar-refractivity contribution in [2.75, 3.05) is 53.9 Å². The zero-order valence-electron chi connectivity index (χ0n) is 59.9. The lowest BCUT2D eigenvalue weighted by atomic mass is 9.79. The topological polar surface area (TPSA) is 125 Å². The molecule has 0 saturated carbocycles. The molecule has 6 aromatic carbocycles. The molecule has 0 amide bonds. The number of rotatable bonds is 24. The fraction of sp³-hybridized carbons (Fsp3) is 0.512. The summed E-state index contributed by atoms with van der Waals surface area (Å²) >= 11 is 0. The molecule has 11 heteroatoms. The summed E-state index contributed by atoms with van der Waals surface area (Å²) in [6, 6.07) is 30.8. The smallest absolute Gasteiger partial charge is 0.344 e. The highest BCUT2D eigenvalue weighted by Gasteiger charge is 2.30. The van der Waals surface area contributed by atoms with Crippen molar-refractivity contribution < 1.29 is 52.3 Å². The van der Waals surface area contributed by atoms with E-state index in [9.17, 15) is 14.4 Å². The van der Waals surface area contributed by atoms with Crippen LogP contribution in [0.4, 0.5) is 0 Å². The quantitative estimate of drug-likeness (QED) is 0.0425. The Hall–Kier alpha value is -7.27. The van der Waals surface area contributed by atoms with Crippen LogP contribution in [0.3, 0.4) is 0 Å². The van der Waals surface area contributed by atoms with Gasteiger partial charge in [-0.15, -0.1) is 0 Å². The van der Waals surface area contributed by atoms with Gasteiger partial charge in [0.2, 0.25) is 0 Å². The molecule has 91 heavy (non-hydrogen) atoms. The first kappa shape index (κ1) is 72.8. The van der Waals surface area contributed by atoms with Crippen LogP contribution >= 0.6 is 0 Å². The van der Waals surface area contributed by atoms with Crippen molar-refractivity contribution in [3.05, 3.63) is 180 Å². The maximum Gasteiger partial charge on any atom is 0.344 e. The van der Waals surface area contributed by atoms with E-state index >= 15 is 0 Å².